The fraction of sp³-hybridized carbons (Fsp3) is 0.611. The van der Waals surface area contributed by atoms with Crippen LogP contribution in [0.25, 0.3) is 0 Å². The van der Waals surface area contributed by atoms with Gasteiger partial charge >= 0.3 is 0 Å². The molecule has 0 aliphatic heterocycles. The number of carbonyl (C=O) groups is 1. The average Bonchev–Trinajstić information content (AvgIpc) is 2.49. The number of hydrogen-bond acceptors (Lipinski definition) is 2. The molecular weight excluding hydrogens is 260 g/mol. The van der Waals surface area contributed by atoms with Crippen LogP contribution < -0.4 is 10.6 Å². The molecule has 0 aromatic heterocycles. The molecule has 2 N–H and O–H groups in total. The van der Waals surface area contributed by atoms with Gasteiger partial charge in [-0.1, -0.05) is 40.2 Å². The molecule has 2 atom stereocenters. The minimum Gasteiger partial charge on any atom is -0.382 e. The summed E-state index contributed by atoms with van der Waals surface area (Å²) in [5.41, 5.74) is 3.21. The zero-order valence-electron chi connectivity index (χ0n) is 14.1. The standard InChI is InChI=1S/C18H30N2O/c1-6-13(4)11-15(7-2)19-17-12-16(10-9-14(17)5)20-18(21)8-3/h9-10,12-13,15,19H,6-8,11H2,1-5H3,(H,20,21). The zero-order valence-corrected chi connectivity index (χ0v) is 14.1. The van der Waals surface area contributed by atoms with Crippen LogP contribution in [0.15, 0.2) is 18.2 Å². The van der Waals surface area contributed by atoms with Crippen LogP contribution in [0, 0.1) is 12.8 Å². The Morgan fingerprint density at radius 1 is 1.19 bits per heavy atom. The topological polar surface area (TPSA) is 41.1 Å². The first-order valence-corrected chi connectivity index (χ1v) is 8.17. The lowest BCUT2D eigenvalue weighted by Crippen LogP contribution is -2.22. The summed E-state index contributed by atoms with van der Waals surface area (Å²) < 4.78 is 0. The third kappa shape index (κ3) is 5.78. The Balaban J connectivity index is 2.80. The average molecular weight is 290 g/mol. The van der Waals surface area contributed by atoms with E-state index in [2.05, 4.69) is 44.4 Å². The van der Waals surface area contributed by atoms with Gasteiger partial charge in [-0.3, -0.25) is 4.79 Å². The zero-order chi connectivity index (χ0) is 15.8. The van der Waals surface area contributed by atoms with Crippen molar-refractivity contribution in [1.29, 1.82) is 0 Å². The molecule has 0 bridgehead atoms. The highest BCUT2D eigenvalue weighted by atomic mass is 16.1. The Hall–Kier alpha value is -1.51. The molecule has 1 aromatic carbocycles. The van der Waals surface area contributed by atoms with E-state index in [-0.39, 0.29) is 5.91 Å². The van der Waals surface area contributed by atoms with Crippen LogP contribution in [0.3, 0.4) is 0 Å². The first-order valence-electron chi connectivity index (χ1n) is 8.17. The number of rotatable bonds is 8. The predicted molar refractivity (Wildman–Crippen MR) is 91.9 cm³/mol. The van der Waals surface area contributed by atoms with Crippen molar-refractivity contribution in [2.24, 2.45) is 5.92 Å². The molecule has 0 heterocycles. The maximum absolute atomic E-state index is 11.5. The van der Waals surface area contributed by atoms with Crippen LogP contribution in [-0.4, -0.2) is 11.9 Å². The summed E-state index contributed by atoms with van der Waals surface area (Å²) in [5.74, 6) is 0.780. The molecule has 1 amide bonds. The smallest absolute Gasteiger partial charge is 0.224 e. The largest absolute Gasteiger partial charge is 0.382 e. The maximum Gasteiger partial charge on any atom is 0.224 e. The number of carbonyl (C=O) groups excluding carboxylic acids is 1. The van der Waals surface area contributed by atoms with E-state index in [4.69, 9.17) is 0 Å². The van der Waals surface area contributed by atoms with E-state index in [0.29, 0.717) is 12.5 Å². The molecule has 118 valence electrons. The molecule has 0 spiro atoms. The number of amides is 1. The molecular formula is C18H30N2O. The van der Waals surface area contributed by atoms with Crippen LogP contribution >= 0.6 is 0 Å². The van der Waals surface area contributed by atoms with E-state index in [1.54, 1.807) is 0 Å². The van der Waals surface area contributed by atoms with Gasteiger partial charge in [0, 0.05) is 23.8 Å². The van der Waals surface area contributed by atoms with Gasteiger partial charge in [0.1, 0.15) is 0 Å². The SMILES string of the molecule is CCC(=O)Nc1ccc(C)c(NC(CC)CC(C)CC)c1. The van der Waals surface area contributed by atoms with Crippen LogP contribution in [-0.2, 0) is 4.79 Å². The minimum atomic E-state index is 0.0523. The van der Waals surface area contributed by atoms with Gasteiger partial charge in [-0.2, -0.15) is 0 Å². The lowest BCUT2D eigenvalue weighted by molar-refractivity contribution is -0.115. The number of hydrogen-bond donors (Lipinski definition) is 2. The van der Waals surface area contributed by atoms with E-state index >= 15 is 0 Å². The summed E-state index contributed by atoms with van der Waals surface area (Å²) in [4.78, 5) is 11.5. The van der Waals surface area contributed by atoms with Gasteiger partial charge in [-0.05, 0) is 43.4 Å². The van der Waals surface area contributed by atoms with Crippen molar-refractivity contribution < 1.29 is 4.79 Å². The van der Waals surface area contributed by atoms with Crippen LogP contribution in [0.2, 0.25) is 0 Å². The van der Waals surface area contributed by atoms with Gasteiger partial charge < -0.3 is 10.6 Å². The van der Waals surface area contributed by atoms with Crippen LogP contribution in [0.5, 0.6) is 0 Å². The van der Waals surface area contributed by atoms with Gasteiger partial charge in [0.05, 0.1) is 0 Å². The third-order valence-electron chi connectivity index (χ3n) is 4.08. The lowest BCUT2D eigenvalue weighted by atomic mass is 9.97. The fourth-order valence-electron chi connectivity index (χ4n) is 2.30. The van der Waals surface area contributed by atoms with E-state index in [0.717, 1.165) is 23.7 Å². The van der Waals surface area contributed by atoms with Crippen molar-refractivity contribution in [1.82, 2.24) is 0 Å². The number of aryl methyl sites for hydroxylation is 1. The van der Waals surface area contributed by atoms with Gasteiger partial charge in [-0.25, -0.2) is 0 Å². The second-order valence-electron chi connectivity index (χ2n) is 5.93. The van der Waals surface area contributed by atoms with E-state index < -0.39 is 0 Å². The van der Waals surface area contributed by atoms with Crippen molar-refractivity contribution in [3.8, 4) is 0 Å². The predicted octanol–water partition coefficient (Wildman–Crippen LogP) is 4.97. The van der Waals surface area contributed by atoms with Crippen molar-refractivity contribution in [3.63, 3.8) is 0 Å². The summed E-state index contributed by atoms with van der Waals surface area (Å²) in [5, 5.41) is 6.57. The van der Waals surface area contributed by atoms with Crippen molar-refractivity contribution >= 4 is 17.3 Å². The summed E-state index contributed by atoms with van der Waals surface area (Å²) in [6.07, 6.45) is 4.00. The molecule has 3 heteroatoms. The Morgan fingerprint density at radius 3 is 2.48 bits per heavy atom. The summed E-state index contributed by atoms with van der Waals surface area (Å²) in [6.45, 7) is 10.7. The third-order valence-corrected chi connectivity index (χ3v) is 4.08. The molecule has 0 aliphatic carbocycles. The quantitative estimate of drug-likeness (QED) is 0.709. The molecule has 2 unspecified atom stereocenters. The van der Waals surface area contributed by atoms with E-state index in [1.165, 1.54) is 18.4 Å². The fourth-order valence-corrected chi connectivity index (χ4v) is 2.30. The molecule has 1 aromatic rings. The molecule has 1 rings (SSSR count). The highest BCUT2D eigenvalue weighted by Gasteiger charge is 2.12. The van der Waals surface area contributed by atoms with Gasteiger partial charge in [0.2, 0.25) is 5.91 Å². The Morgan fingerprint density at radius 2 is 1.90 bits per heavy atom. The first-order chi connectivity index (χ1) is 9.99. The normalized spacial score (nSPS) is 13.6. The van der Waals surface area contributed by atoms with Gasteiger partial charge in [-0.15, -0.1) is 0 Å². The second kappa shape index (κ2) is 8.71. The van der Waals surface area contributed by atoms with Crippen molar-refractivity contribution in [2.75, 3.05) is 10.6 Å². The molecule has 21 heavy (non-hydrogen) atoms. The van der Waals surface area contributed by atoms with Crippen molar-refractivity contribution in [2.45, 2.75) is 66.3 Å². The van der Waals surface area contributed by atoms with Gasteiger partial charge in [0.15, 0.2) is 0 Å². The summed E-state index contributed by atoms with van der Waals surface area (Å²) in [7, 11) is 0. The van der Waals surface area contributed by atoms with Gasteiger partial charge in [0.25, 0.3) is 0 Å². The molecule has 0 radical (unpaired) electrons. The molecule has 3 nitrogen and oxygen atoms in total. The summed E-state index contributed by atoms with van der Waals surface area (Å²) in [6, 6.07) is 6.55. The lowest BCUT2D eigenvalue weighted by Gasteiger charge is -2.23. The first kappa shape index (κ1) is 17.5. The highest BCUT2D eigenvalue weighted by molar-refractivity contribution is 5.91. The molecule has 0 saturated carbocycles. The molecule has 0 aliphatic rings. The van der Waals surface area contributed by atoms with Crippen molar-refractivity contribution in [3.05, 3.63) is 23.8 Å². The number of benzene rings is 1. The molecule has 0 fully saturated rings. The minimum absolute atomic E-state index is 0.0523. The maximum atomic E-state index is 11.5. The van der Waals surface area contributed by atoms with E-state index in [9.17, 15) is 4.79 Å². The van der Waals surface area contributed by atoms with E-state index in [1.807, 2.05) is 19.1 Å². The highest BCUT2D eigenvalue weighted by Crippen LogP contribution is 2.24. The van der Waals surface area contributed by atoms with Crippen LogP contribution in [0.4, 0.5) is 11.4 Å². The number of anilines is 2. The Labute approximate surface area is 129 Å². The second-order valence-corrected chi connectivity index (χ2v) is 5.93. The molecule has 0 saturated heterocycles. The Kier molecular flexibility index (Phi) is 7.27. The van der Waals surface area contributed by atoms with Crippen LogP contribution in [0.1, 0.15) is 58.9 Å². The number of nitrogens with one attached hydrogen (secondary N) is 2. The monoisotopic (exact) mass is 290 g/mol. The Bertz CT molecular complexity index is 457. The summed E-state index contributed by atoms with van der Waals surface area (Å²) >= 11 is 0.